The van der Waals surface area contributed by atoms with Gasteiger partial charge in [0.05, 0.1) is 10.4 Å². The molecule has 2 aromatic rings. The van der Waals surface area contributed by atoms with E-state index in [1.165, 1.54) is 11.3 Å². The lowest BCUT2D eigenvalue weighted by Crippen LogP contribution is -1.92. The van der Waals surface area contributed by atoms with Gasteiger partial charge in [-0.3, -0.25) is 0 Å². The van der Waals surface area contributed by atoms with Crippen LogP contribution >= 0.6 is 34.5 Å². The van der Waals surface area contributed by atoms with Crippen LogP contribution in [0, 0.1) is 0 Å². The molecule has 0 saturated carbocycles. The van der Waals surface area contributed by atoms with Crippen LogP contribution in [0.1, 0.15) is 31.0 Å². The van der Waals surface area contributed by atoms with E-state index >= 15 is 0 Å². The number of thiophene rings is 1. The monoisotopic (exact) mass is 276 g/mol. The highest BCUT2D eigenvalue weighted by Gasteiger charge is 2.18. The zero-order chi connectivity index (χ0) is 11.5. The van der Waals surface area contributed by atoms with Crippen molar-refractivity contribution in [3.05, 3.63) is 22.3 Å². The van der Waals surface area contributed by atoms with Gasteiger partial charge in [-0.1, -0.05) is 30.1 Å². The van der Waals surface area contributed by atoms with Crippen molar-refractivity contribution in [1.29, 1.82) is 0 Å². The first kappa shape index (κ1) is 11.9. The molecule has 0 bridgehead atoms. The highest BCUT2D eigenvalue weighted by molar-refractivity contribution is 7.14. The first-order valence-corrected chi connectivity index (χ1v) is 6.62. The van der Waals surface area contributed by atoms with Crippen molar-refractivity contribution < 1.29 is 4.52 Å². The van der Waals surface area contributed by atoms with Crippen LogP contribution < -0.4 is 0 Å². The summed E-state index contributed by atoms with van der Waals surface area (Å²) < 4.78 is 5.14. The average molecular weight is 277 g/mol. The molecule has 0 amide bonds. The summed E-state index contributed by atoms with van der Waals surface area (Å²) >= 11 is 13.6. The first-order chi connectivity index (χ1) is 7.72. The molecule has 0 aliphatic carbocycles. The smallest absolute Gasteiger partial charge is 0.269 e. The number of rotatable bonds is 4. The van der Waals surface area contributed by atoms with E-state index in [2.05, 4.69) is 17.1 Å². The molecule has 0 spiro atoms. The van der Waals surface area contributed by atoms with Crippen molar-refractivity contribution in [2.45, 2.75) is 25.1 Å². The van der Waals surface area contributed by atoms with Crippen molar-refractivity contribution in [2.24, 2.45) is 0 Å². The number of hydrogen-bond acceptors (Lipinski definition) is 4. The third-order valence-electron chi connectivity index (χ3n) is 2.08. The third-order valence-corrected chi connectivity index (χ3v) is 3.82. The molecule has 0 aliphatic heterocycles. The minimum Gasteiger partial charge on any atom is -0.333 e. The summed E-state index contributed by atoms with van der Waals surface area (Å²) in [5, 5.41) is 6.18. The van der Waals surface area contributed by atoms with E-state index in [0.717, 1.165) is 17.7 Å². The Kier molecular flexibility index (Phi) is 3.84. The fraction of sp³-hybridized carbons (Fsp3) is 0.400. The summed E-state index contributed by atoms with van der Waals surface area (Å²) in [5.74, 6) is 0.972. The topological polar surface area (TPSA) is 38.9 Å². The molecule has 0 fully saturated rings. The predicted octanol–water partition coefficient (Wildman–Crippen LogP) is 4.53. The summed E-state index contributed by atoms with van der Waals surface area (Å²) in [6.07, 6.45) is 1.82. The number of hydrogen-bond donors (Lipinski definition) is 0. The van der Waals surface area contributed by atoms with Gasteiger partial charge in [0.2, 0.25) is 0 Å². The van der Waals surface area contributed by atoms with E-state index in [1.54, 1.807) is 6.07 Å². The van der Waals surface area contributed by atoms with Gasteiger partial charge in [-0.2, -0.15) is 4.98 Å². The zero-order valence-electron chi connectivity index (χ0n) is 8.61. The lowest BCUT2D eigenvalue weighted by molar-refractivity contribution is 0.421. The Morgan fingerprint density at radius 1 is 1.56 bits per heavy atom. The van der Waals surface area contributed by atoms with Gasteiger partial charge in [0.1, 0.15) is 4.88 Å². The van der Waals surface area contributed by atoms with E-state index < -0.39 is 0 Å². The molecule has 0 aromatic carbocycles. The minimum atomic E-state index is -0.193. The summed E-state index contributed by atoms with van der Waals surface area (Å²) in [7, 11) is 0. The van der Waals surface area contributed by atoms with Gasteiger partial charge in [-0.05, 0) is 17.9 Å². The largest absolute Gasteiger partial charge is 0.333 e. The van der Waals surface area contributed by atoms with Gasteiger partial charge in [-0.15, -0.1) is 22.9 Å². The van der Waals surface area contributed by atoms with Crippen molar-refractivity contribution in [3.8, 4) is 10.8 Å². The summed E-state index contributed by atoms with van der Waals surface area (Å²) in [6, 6.07) is 1.80. The molecular formula is C10H10Cl2N2OS. The SMILES string of the molecule is CCCC(Cl)c1noc(-c2sccc2Cl)n1. The van der Waals surface area contributed by atoms with Crippen LogP contribution in [0.4, 0.5) is 0 Å². The van der Waals surface area contributed by atoms with Gasteiger partial charge in [0.15, 0.2) is 5.82 Å². The van der Waals surface area contributed by atoms with Crippen LogP contribution in [-0.4, -0.2) is 10.1 Å². The zero-order valence-corrected chi connectivity index (χ0v) is 10.9. The fourth-order valence-electron chi connectivity index (χ4n) is 1.28. The molecule has 0 radical (unpaired) electrons. The van der Waals surface area contributed by atoms with Gasteiger partial charge >= 0.3 is 0 Å². The van der Waals surface area contributed by atoms with Crippen LogP contribution in [0.3, 0.4) is 0 Å². The number of aromatic nitrogens is 2. The van der Waals surface area contributed by atoms with Crippen LogP contribution in [0.25, 0.3) is 10.8 Å². The maximum atomic E-state index is 6.11. The van der Waals surface area contributed by atoms with Crippen molar-refractivity contribution in [1.82, 2.24) is 10.1 Å². The van der Waals surface area contributed by atoms with Crippen LogP contribution in [-0.2, 0) is 0 Å². The third kappa shape index (κ3) is 2.39. The predicted molar refractivity (Wildman–Crippen MR) is 66.1 cm³/mol. The molecule has 0 saturated heterocycles. The Balaban J connectivity index is 2.23. The standard InChI is InChI=1S/C10H10Cl2N2OS/c1-2-3-7(12)9-13-10(15-14-9)8-6(11)4-5-16-8/h4-5,7H,2-3H2,1H3. The molecule has 2 heterocycles. The van der Waals surface area contributed by atoms with E-state index in [1.807, 2.05) is 5.38 Å². The highest BCUT2D eigenvalue weighted by atomic mass is 35.5. The van der Waals surface area contributed by atoms with Gasteiger partial charge in [0.25, 0.3) is 5.89 Å². The molecule has 16 heavy (non-hydrogen) atoms. The van der Waals surface area contributed by atoms with Crippen LogP contribution in [0.5, 0.6) is 0 Å². The van der Waals surface area contributed by atoms with Gasteiger partial charge in [0, 0.05) is 0 Å². The minimum absolute atomic E-state index is 0.193. The summed E-state index contributed by atoms with van der Waals surface area (Å²) in [4.78, 5) is 5.04. The molecule has 86 valence electrons. The Labute approximate surface area is 107 Å². The van der Waals surface area contributed by atoms with Gasteiger partial charge in [-0.25, -0.2) is 0 Å². The summed E-state index contributed by atoms with van der Waals surface area (Å²) in [6.45, 7) is 2.06. The molecule has 3 nitrogen and oxygen atoms in total. The molecule has 1 atom stereocenters. The number of halogens is 2. The number of alkyl halides is 1. The van der Waals surface area contributed by atoms with E-state index in [9.17, 15) is 0 Å². The van der Waals surface area contributed by atoms with E-state index in [4.69, 9.17) is 27.7 Å². The van der Waals surface area contributed by atoms with Gasteiger partial charge < -0.3 is 4.52 Å². The van der Waals surface area contributed by atoms with Crippen molar-refractivity contribution >= 4 is 34.5 Å². The second kappa shape index (κ2) is 5.17. The second-order valence-electron chi connectivity index (χ2n) is 3.31. The molecular weight excluding hydrogens is 267 g/mol. The Morgan fingerprint density at radius 3 is 3.00 bits per heavy atom. The molecule has 0 aliphatic rings. The highest BCUT2D eigenvalue weighted by Crippen LogP contribution is 2.33. The van der Waals surface area contributed by atoms with Crippen LogP contribution in [0.2, 0.25) is 5.02 Å². The summed E-state index contributed by atoms with van der Waals surface area (Å²) in [5.41, 5.74) is 0. The van der Waals surface area contributed by atoms with Crippen LogP contribution in [0.15, 0.2) is 16.0 Å². The molecule has 2 aromatic heterocycles. The lowest BCUT2D eigenvalue weighted by Gasteiger charge is -1.99. The Hall–Kier alpha value is -0.580. The quantitative estimate of drug-likeness (QED) is 0.770. The maximum Gasteiger partial charge on any atom is 0.269 e. The Morgan fingerprint density at radius 2 is 2.38 bits per heavy atom. The molecule has 0 N–H and O–H groups in total. The lowest BCUT2D eigenvalue weighted by atomic mass is 10.2. The first-order valence-electron chi connectivity index (χ1n) is 4.93. The second-order valence-corrected chi connectivity index (χ2v) is 5.16. The number of nitrogens with zero attached hydrogens (tertiary/aromatic N) is 2. The normalized spacial score (nSPS) is 12.9. The maximum absolute atomic E-state index is 6.11. The average Bonchev–Trinajstić information content (AvgIpc) is 2.86. The fourth-order valence-corrected chi connectivity index (χ4v) is 2.65. The molecule has 1 unspecified atom stereocenters. The van der Waals surface area contributed by atoms with Crippen molar-refractivity contribution in [2.75, 3.05) is 0 Å². The molecule has 6 heteroatoms. The Bertz CT molecular complexity index is 469. The molecule has 2 rings (SSSR count). The van der Waals surface area contributed by atoms with Crippen molar-refractivity contribution in [3.63, 3.8) is 0 Å². The van der Waals surface area contributed by atoms with E-state index in [-0.39, 0.29) is 5.38 Å². The van der Waals surface area contributed by atoms with E-state index in [0.29, 0.717) is 16.7 Å².